The normalized spacial score (nSPS) is 26.5. The number of aryl methyl sites for hydroxylation is 1. The molecule has 1 N–H and O–H groups in total. The first-order valence-electron chi connectivity index (χ1n) is 7.95. The predicted octanol–water partition coefficient (Wildman–Crippen LogP) is 4.12. The topological polar surface area (TPSA) is 29.5 Å². The third-order valence-electron chi connectivity index (χ3n) is 4.67. The van der Waals surface area contributed by atoms with Crippen LogP contribution in [0.4, 0.5) is 0 Å². The van der Waals surface area contributed by atoms with E-state index in [9.17, 15) is 5.11 Å². The first-order chi connectivity index (χ1) is 9.63. The number of methoxy groups -OCH3 is 1. The van der Waals surface area contributed by atoms with Gasteiger partial charge in [-0.2, -0.15) is 0 Å². The van der Waals surface area contributed by atoms with Gasteiger partial charge >= 0.3 is 0 Å². The number of aliphatic hydroxyl groups is 1. The summed E-state index contributed by atoms with van der Waals surface area (Å²) in [6.07, 6.45) is 6.65. The molecule has 2 heteroatoms. The van der Waals surface area contributed by atoms with Gasteiger partial charge in [0.05, 0.1) is 13.2 Å². The second-order valence-electron chi connectivity index (χ2n) is 6.31. The molecule has 2 nitrogen and oxygen atoms in total. The summed E-state index contributed by atoms with van der Waals surface area (Å²) in [4.78, 5) is 0. The summed E-state index contributed by atoms with van der Waals surface area (Å²) >= 11 is 0. The van der Waals surface area contributed by atoms with Gasteiger partial charge in [-0.05, 0) is 56.1 Å². The molecule has 0 aromatic heterocycles. The van der Waals surface area contributed by atoms with Crippen molar-refractivity contribution in [1.82, 2.24) is 0 Å². The molecule has 112 valence electrons. The van der Waals surface area contributed by atoms with Crippen LogP contribution in [0.25, 0.3) is 0 Å². The number of benzene rings is 1. The van der Waals surface area contributed by atoms with Gasteiger partial charge in [-0.25, -0.2) is 0 Å². The Bertz CT molecular complexity index is 427. The molecule has 0 aliphatic heterocycles. The van der Waals surface area contributed by atoms with Crippen molar-refractivity contribution in [1.29, 1.82) is 0 Å². The zero-order chi connectivity index (χ0) is 14.5. The van der Waals surface area contributed by atoms with Gasteiger partial charge in [0.25, 0.3) is 0 Å². The lowest BCUT2D eigenvalue weighted by Crippen LogP contribution is -2.30. The Morgan fingerprint density at radius 2 is 2.10 bits per heavy atom. The van der Waals surface area contributed by atoms with Crippen LogP contribution in [0.5, 0.6) is 5.75 Å². The van der Waals surface area contributed by atoms with Gasteiger partial charge in [-0.15, -0.1) is 0 Å². The van der Waals surface area contributed by atoms with E-state index in [2.05, 4.69) is 26.0 Å². The van der Waals surface area contributed by atoms with E-state index in [0.29, 0.717) is 5.92 Å². The number of aliphatic hydroxyl groups excluding tert-OH is 1. The molecule has 0 amide bonds. The van der Waals surface area contributed by atoms with E-state index in [1.165, 1.54) is 30.4 Å². The monoisotopic (exact) mass is 276 g/mol. The highest BCUT2D eigenvalue weighted by Crippen LogP contribution is 2.35. The lowest BCUT2D eigenvalue weighted by molar-refractivity contribution is 0.0460. The Hall–Kier alpha value is -1.02. The van der Waals surface area contributed by atoms with Crippen LogP contribution >= 0.6 is 0 Å². The fourth-order valence-electron chi connectivity index (χ4n) is 3.58. The number of hydrogen-bond acceptors (Lipinski definition) is 2. The molecule has 0 heterocycles. The van der Waals surface area contributed by atoms with E-state index in [4.69, 9.17) is 4.74 Å². The minimum Gasteiger partial charge on any atom is -0.496 e. The molecule has 1 aliphatic carbocycles. The van der Waals surface area contributed by atoms with Crippen LogP contribution in [0.15, 0.2) is 18.2 Å². The van der Waals surface area contributed by atoms with Crippen LogP contribution < -0.4 is 4.74 Å². The highest BCUT2D eigenvalue weighted by molar-refractivity contribution is 5.37. The van der Waals surface area contributed by atoms with Crippen LogP contribution in [0.3, 0.4) is 0 Å². The average molecular weight is 276 g/mol. The predicted molar refractivity (Wildman–Crippen MR) is 83.2 cm³/mol. The van der Waals surface area contributed by atoms with Crippen LogP contribution in [-0.4, -0.2) is 18.3 Å². The van der Waals surface area contributed by atoms with Crippen molar-refractivity contribution in [2.24, 2.45) is 11.8 Å². The molecular weight excluding hydrogens is 248 g/mol. The van der Waals surface area contributed by atoms with Gasteiger partial charge in [-0.1, -0.05) is 37.5 Å². The van der Waals surface area contributed by atoms with Crippen molar-refractivity contribution >= 4 is 0 Å². The van der Waals surface area contributed by atoms with Crippen molar-refractivity contribution in [3.05, 3.63) is 29.3 Å². The molecule has 1 aromatic rings. The number of rotatable bonds is 5. The Morgan fingerprint density at radius 1 is 1.30 bits per heavy atom. The number of hydrogen-bond donors (Lipinski definition) is 1. The molecule has 20 heavy (non-hydrogen) atoms. The second-order valence-corrected chi connectivity index (χ2v) is 6.31. The van der Waals surface area contributed by atoms with Crippen molar-refractivity contribution < 1.29 is 9.84 Å². The van der Waals surface area contributed by atoms with Gasteiger partial charge in [0.1, 0.15) is 5.75 Å². The molecular formula is C18H28O2. The Labute approximate surface area is 123 Å². The fraction of sp³-hybridized carbons (Fsp3) is 0.667. The first-order valence-corrected chi connectivity index (χ1v) is 7.95. The molecule has 3 unspecified atom stereocenters. The lowest BCUT2D eigenvalue weighted by atomic mass is 9.75. The van der Waals surface area contributed by atoms with Gasteiger partial charge < -0.3 is 9.84 Å². The number of ether oxygens (including phenoxy) is 1. The lowest BCUT2D eigenvalue weighted by Gasteiger charge is -2.33. The zero-order valence-corrected chi connectivity index (χ0v) is 13.1. The Balaban J connectivity index is 2.09. The van der Waals surface area contributed by atoms with Crippen LogP contribution in [0, 0.1) is 18.8 Å². The maximum Gasteiger partial charge on any atom is 0.122 e. The molecule has 3 atom stereocenters. The summed E-state index contributed by atoms with van der Waals surface area (Å²) in [6, 6.07) is 6.33. The Kier molecular flexibility index (Phi) is 5.47. The van der Waals surface area contributed by atoms with E-state index >= 15 is 0 Å². The van der Waals surface area contributed by atoms with E-state index in [-0.39, 0.29) is 6.10 Å². The summed E-state index contributed by atoms with van der Waals surface area (Å²) in [7, 11) is 1.73. The van der Waals surface area contributed by atoms with Gasteiger partial charge in [0, 0.05) is 0 Å². The van der Waals surface area contributed by atoms with Gasteiger partial charge in [0.15, 0.2) is 0 Å². The smallest absolute Gasteiger partial charge is 0.122 e. The van der Waals surface area contributed by atoms with E-state index in [0.717, 1.165) is 30.9 Å². The maximum absolute atomic E-state index is 10.3. The molecule has 1 aromatic carbocycles. The van der Waals surface area contributed by atoms with Gasteiger partial charge in [-0.3, -0.25) is 0 Å². The van der Waals surface area contributed by atoms with Crippen molar-refractivity contribution in [3.63, 3.8) is 0 Å². The minimum absolute atomic E-state index is 0.145. The summed E-state index contributed by atoms with van der Waals surface area (Å²) in [6.45, 7) is 4.36. The molecule has 1 fully saturated rings. The highest BCUT2D eigenvalue weighted by atomic mass is 16.5. The SMILES string of the molecule is CCCC1CCC(O)C(Cc2cc(C)ccc2OC)C1. The molecule has 0 bridgehead atoms. The zero-order valence-electron chi connectivity index (χ0n) is 13.1. The molecule has 1 aliphatic rings. The molecule has 0 saturated heterocycles. The Morgan fingerprint density at radius 3 is 2.80 bits per heavy atom. The second kappa shape index (κ2) is 7.12. The minimum atomic E-state index is -0.145. The summed E-state index contributed by atoms with van der Waals surface area (Å²) < 4.78 is 5.47. The third kappa shape index (κ3) is 3.76. The summed E-state index contributed by atoms with van der Waals surface area (Å²) in [5.74, 6) is 2.14. The van der Waals surface area contributed by atoms with Crippen LogP contribution in [0.1, 0.15) is 50.2 Å². The van der Waals surface area contributed by atoms with Crippen molar-refractivity contribution in [2.75, 3.05) is 7.11 Å². The highest BCUT2D eigenvalue weighted by Gasteiger charge is 2.29. The first kappa shape index (κ1) is 15.4. The molecule has 0 radical (unpaired) electrons. The fourth-order valence-corrected chi connectivity index (χ4v) is 3.58. The van der Waals surface area contributed by atoms with Crippen LogP contribution in [-0.2, 0) is 6.42 Å². The van der Waals surface area contributed by atoms with E-state index in [1.54, 1.807) is 7.11 Å². The van der Waals surface area contributed by atoms with Gasteiger partial charge in [0.2, 0.25) is 0 Å². The molecule has 1 saturated carbocycles. The van der Waals surface area contributed by atoms with Crippen molar-refractivity contribution in [2.45, 2.75) is 58.5 Å². The standard InChI is InChI=1S/C18H28O2/c1-4-5-14-7-8-17(19)15(11-14)12-16-10-13(2)6-9-18(16)20-3/h6,9-10,14-15,17,19H,4-5,7-8,11-12H2,1-3H3. The van der Waals surface area contributed by atoms with E-state index < -0.39 is 0 Å². The third-order valence-corrected chi connectivity index (χ3v) is 4.67. The van der Waals surface area contributed by atoms with Crippen LogP contribution in [0.2, 0.25) is 0 Å². The maximum atomic E-state index is 10.3. The molecule has 0 spiro atoms. The largest absolute Gasteiger partial charge is 0.496 e. The molecule has 2 rings (SSSR count). The van der Waals surface area contributed by atoms with E-state index in [1.807, 2.05) is 6.07 Å². The average Bonchev–Trinajstić information content (AvgIpc) is 2.43. The summed E-state index contributed by atoms with van der Waals surface area (Å²) in [5, 5.41) is 10.3. The van der Waals surface area contributed by atoms with Crippen molar-refractivity contribution in [3.8, 4) is 5.75 Å². The summed E-state index contributed by atoms with van der Waals surface area (Å²) in [5.41, 5.74) is 2.50. The quantitative estimate of drug-likeness (QED) is 0.876.